The van der Waals surface area contributed by atoms with Gasteiger partial charge in [-0.05, 0) is 25.7 Å². The fraction of sp³-hybridized carbons (Fsp3) is 1.00. The molecule has 0 aliphatic heterocycles. The molecule has 124 valence electrons. The molecule has 0 heterocycles. The Balaban J connectivity index is 1.43. The second-order valence-electron chi connectivity index (χ2n) is 6.13. The molecule has 0 radical (unpaired) electrons. The number of ether oxygens (including phenoxy) is 3. The minimum atomic E-state index is -0.310. The fourth-order valence-electron chi connectivity index (χ4n) is 3.16. The van der Waals surface area contributed by atoms with Gasteiger partial charge in [0, 0.05) is 0 Å². The Hall–Kier alpha value is -0.200. The summed E-state index contributed by atoms with van der Waals surface area (Å²) in [5.41, 5.74) is 0. The normalized spacial score (nSPS) is 34.0. The lowest BCUT2D eigenvalue weighted by Crippen LogP contribution is -2.34. The van der Waals surface area contributed by atoms with Crippen LogP contribution in [0, 0.1) is 0 Å². The van der Waals surface area contributed by atoms with Crippen molar-refractivity contribution in [2.24, 2.45) is 0 Å². The summed E-state index contributed by atoms with van der Waals surface area (Å²) in [5.74, 6) is 0. The molecule has 0 aromatic rings. The van der Waals surface area contributed by atoms with Gasteiger partial charge in [0.25, 0.3) is 0 Å². The van der Waals surface area contributed by atoms with Crippen molar-refractivity contribution in [1.29, 1.82) is 0 Å². The number of rotatable bonds is 8. The molecular weight excluding hydrogens is 272 g/mol. The Morgan fingerprint density at radius 3 is 1.48 bits per heavy atom. The van der Waals surface area contributed by atoms with Crippen molar-refractivity contribution < 1.29 is 24.4 Å². The molecule has 2 aliphatic carbocycles. The van der Waals surface area contributed by atoms with Crippen LogP contribution in [0.5, 0.6) is 0 Å². The molecule has 2 saturated carbocycles. The van der Waals surface area contributed by atoms with Crippen LogP contribution in [0.25, 0.3) is 0 Å². The van der Waals surface area contributed by atoms with Gasteiger partial charge in [-0.1, -0.05) is 25.7 Å². The SMILES string of the molecule is O[C@H]1CCCC[C@H]1OCCOCCO[C@@H]1CCCC[C@@H]1O. The summed E-state index contributed by atoms with van der Waals surface area (Å²) in [6, 6.07) is 0. The van der Waals surface area contributed by atoms with Crippen LogP contribution in [0.4, 0.5) is 0 Å². The monoisotopic (exact) mass is 302 g/mol. The number of hydrogen-bond donors (Lipinski definition) is 2. The average molecular weight is 302 g/mol. The highest BCUT2D eigenvalue weighted by Crippen LogP contribution is 2.21. The molecule has 0 bridgehead atoms. The van der Waals surface area contributed by atoms with Crippen molar-refractivity contribution in [3.05, 3.63) is 0 Å². The first-order valence-electron chi connectivity index (χ1n) is 8.44. The smallest absolute Gasteiger partial charge is 0.0835 e. The summed E-state index contributed by atoms with van der Waals surface area (Å²) in [6.07, 6.45) is 7.42. The minimum absolute atomic E-state index is 0.0176. The predicted octanol–water partition coefficient (Wildman–Crippen LogP) is 1.64. The lowest BCUT2D eigenvalue weighted by atomic mass is 9.95. The number of aliphatic hydroxyl groups excluding tert-OH is 2. The van der Waals surface area contributed by atoms with Crippen LogP contribution in [0.3, 0.4) is 0 Å². The largest absolute Gasteiger partial charge is 0.390 e. The predicted molar refractivity (Wildman–Crippen MR) is 79.2 cm³/mol. The molecule has 0 unspecified atom stereocenters. The van der Waals surface area contributed by atoms with Gasteiger partial charge in [-0.3, -0.25) is 0 Å². The molecule has 5 heteroatoms. The van der Waals surface area contributed by atoms with Gasteiger partial charge >= 0.3 is 0 Å². The van der Waals surface area contributed by atoms with E-state index >= 15 is 0 Å². The van der Waals surface area contributed by atoms with E-state index in [0.29, 0.717) is 26.4 Å². The van der Waals surface area contributed by atoms with Crippen molar-refractivity contribution in [3.8, 4) is 0 Å². The Morgan fingerprint density at radius 2 is 1.05 bits per heavy atom. The van der Waals surface area contributed by atoms with Crippen molar-refractivity contribution in [1.82, 2.24) is 0 Å². The van der Waals surface area contributed by atoms with E-state index in [2.05, 4.69) is 0 Å². The van der Waals surface area contributed by atoms with Gasteiger partial charge in [-0.15, -0.1) is 0 Å². The number of aliphatic hydroxyl groups is 2. The molecule has 2 N–H and O–H groups in total. The van der Waals surface area contributed by atoms with Gasteiger partial charge in [0.15, 0.2) is 0 Å². The van der Waals surface area contributed by atoms with Crippen LogP contribution >= 0.6 is 0 Å². The molecule has 0 saturated heterocycles. The molecule has 0 aromatic carbocycles. The fourth-order valence-corrected chi connectivity index (χ4v) is 3.16. The van der Waals surface area contributed by atoms with Crippen LogP contribution in [0.15, 0.2) is 0 Å². The first-order valence-corrected chi connectivity index (χ1v) is 8.44. The third-order valence-corrected chi connectivity index (χ3v) is 4.45. The highest BCUT2D eigenvalue weighted by Gasteiger charge is 2.24. The molecule has 2 rings (SSSR count). The molecule has 0 aromatic heterocycles. The third-order valence-electron chi connectivity index (χ3n) is 4.45. The Labute approximate surface area is 127 Å². The van der Waals surface area contributed by atoms with Crippen LogP contribution < -0.4 is 0 Å². The van der Waals surface area contributed by atoms with Gasteiger partial charge in [0.2, 0.25) is 0 Å². The van der Waals surface area contributed by atoms with E-state index in [1.54, 1.807) is 0 Å². The van der Waals surface area contributed by atoms with Gasteiger partial charge in [0.1, 0.15) is 0 Å². The zero-order valence-electron chi connectivity index (χ0n) is 12.9. The van der Waals surface area contributed by atoms with E-state index in [1.165, 1.54) is 0 Å². The van der Waals surface area contributed by atoms with Crippen LogP contribution in [-0.4, -0.2) is 61.1 Å². The minimum Gasteiger partial charge on any atom is -0.390 e. The van der Waals surface area contributed by atoms with Gasteiger partial charge in [-0.25, -0.2) is 0 Å². The number of hydrogen-bond acceptors (Lipinski definition) is 5. The Morgan fingerprint density at radius 1 is 0.619 bits per heavy atom. The molecule has 2 fully saturated rings. The van der Waals surface area contributed by atoms with Crippen molar-refractivity contribution >= 4 is 0 Å². The molecule has 0 spiro atoms. The Kier molecular flexibility index (Phi) is 7.96. The summed E-state index contributed by atoms with van der Waals surface area (Å²) in [4.78, 5) is 0. The summed E-state index contributed by atoms with van der Waals surface area (Å²) in [5, 5.41) is 19.5. The van der Waals surface area contributed by atoms with Gasteiger partial charge in [-0.2, -0.15) is 0 Å². The standard InChI is InChI=1S/C16H30O5/c17-13-5-1-3-7-15(13)20-11-9-19-10-12-21-16-8-4-2-6-14(16)18/h13-18H,1-12H2/t13-,14-,15+,16+/m0/s1. The quantitative estimate of drug-likeness (QED) is 0.667. The second kappa shape index (κ2) is 9.74. The highest BCUT2D eigenvalue weighted by atomic mass is 16.6. The maximum atomic E-state index is 9.77. The van der Waals surface area contributed by atoms with E-state index in [1.807, 2.05) is 0 Å². The molecule has 0 amide bonds. The van der Waals surface area contributed by atoms with E-state index < -0.39 is 0 Å². The van der Waals surface area contributed by atoms with Crippen molar-refractivity contribution in [2.75, 3.05) is 26.4 Å². The average Bonchev–Trinajstić information content (AvgIpc) is 2.50. The zero-order chi connectivity index (χ0) is 14.9. The topological polar surface area (TPSA) is 68.2 Å². The first-order chi connectivity index (χ1) is 10.3. The van der Waals surface area contributed by atoms with Crippen LogP contribution in [0.1, 0.15) is 51.4 Å². The highest BCUT2D eigenvalue weighted by molar-refractivity contribution is 4.75. The molecule has 4 atom stereocenters. The van der Waals surface area contributed by atoms with Crippen molar-refractivity contribution in [3.63, 3.8) is 0 Å². The third kappa shape index (κ3) is 6.20. The van der Waals surface area contributed by atoms with Crippen LogP contribution in [-0.2, 0) is 14.2 Å². The maximum Gasteiger partial charge on any atom is 0.0835 e. The van der Waals surface area contributed by atoms with E-state index in [4.69, 9.17) is 14.2 Å². The molecule has 5 nitrogen and oxygen atoms in total. The molecule has 2 aliphatic rings. The summed E-state index contributed by atoms with van der Waals surface area (Å²) < 4.78 is 16.8. The summed E-state index contributed by atoms with van der Waals surface area (Å²) in [6.45, 7) is 2.10. The van der Waals surface area contributed by atoms with E-state index in [0.717, 1.165) is 51.4 Å². The first kappa shape index (κ1) is 17.2. The van der Waals surface area contributed by atoms with E-state index in [9.17, 15) is 10.2 Å². The second-order valence-corrected chi connectivity index (χ2v) is 6.13. The lowest BCUT2D eigenvalue weighted by molar-refractivity contribution is -0.0903. The summed E-state index contributed by atoms with van der Waals surface area (Å²) in [7, 11) is 0. The molecule has 21 heavy (non-hydrogen) atoms. The molecular formula is C16H30O5. The van der Waals surface area contributed by atoms with Gasteiger partial charge in [0.05, 0.1) is 50.8 Å². The zero-order valence-corrected chi connectivity index (χ0v) is 12.9. The van der Waals surface area contributed by atoms with E-state index in [-0.39, 0.29) is 24.4 Å². The van der Waals surface area contributed by atoms with Crippen LogP contribution in [0.2, 0.25) is 0 Å². The van der Waals surface area contributed by atoms with Crippen molar-refractivity contribution in [2.45, 2.75) is 75.8 Å². The Bertz CT molecular complexity index is 247. The van der Waals surface area contributed by atoms with Gasteiger partial charge < -0.3 is 24.4 Å². The lowest BCUT2D eigenvalue weighted by Gasteiger charge is -2.28. The maximum absolute atomic E-state index is 9.77. The summed E-state index contributed by atoms with van der Waals surface area (Å²) >= 11 is 0.